The Morgan fingerprint density at radius 1 is 1.50 bits per heavy atom. The molecule has 94 valence electrons. The molecular formula is C13H24OS2. The Labute approximate surface area is 110 Å². The average molecular weight is 260 g/mol. The van der Waals surface area contributed by atoms with Gasteiger partial charge in [-0.25, -0.2) is 0 Å². The summed E-state index contributed by atoms with van der Waals surface area (Å²) >= 11 is 6.87. The number of aliphatic hydroxyl groups is 1. The molecular weight excluding hydrogens is 236 g/mol. The van der Waals surface area contributed by atoms with Gasteiger partial charge in [0.25, 0.3) is 0 Å². The molecule has 0 unspecified atom stereocenters. The first-order chi connectivity index (χ1) is 7.25. The number of hydrogen-bond acceptors (Lipinski definition) is 3. The van der Waals surface area contributed by atoms with Crippen molar-refractivity contribution in [3.05, 3.63) is 12.7 Å². The molecule has 0 aromatic rings. The highest BCUT2D eigenvalue weighted by Crippen LogP contribution is 2.34. The maximum absolute atomic E-state index is 10.4. The highest BCUT2D eigenvalue weighted by atomic mass is 32.2. The van der Waals surface area contributed by atoms with Gasteiger partial charge >= 0.3 is 0 Å². The van der Waals surface area contributed by atoms with Crippen LogP contribution in [0.15, 0.2) is 12.7 Å². The fourth-order valence-electron chi connectivity index (χ4n) is 1.57. The van der Waals surface area contributed by atoms with E-state index in [0.717, 1.165) is 10.6 Å². The molecule has 0 radical (unpaired) electrons. The molecule has 0 bridgehead atoms. The lowest BCUT2D eigenvalue weighted by atomic mass is 9.75. The van der Waals surface area contributed by atoms with E-state index in [9.17, 15) is 5.11 Å². The van der Waals surface area contributed by atoms with Gasteiger partial charge in [-0.05, 0) is 24.0 Å². The second kappa shape index (κ2) is 6.77. The van der Waals surface area contributed by atoms with E-state index in [1.807, 2.05) is 12.3 Å². The maximum Gasteiger partial charge on any atom is 0.0655 e. The fraction of sp³-hybridized carbons (Fsp3) is 0.769. The van der Waals surface area contributed by atoms with Crippen LogP contribution in [-0.2, 0) is 0 Å². The van der Waals surface area contributed by atoms with Crippen molar-refractivity contribution < 1.29 is 5.11 Å². The van der Waals surface area contributed by atoms with E-state index in [1.54, 1.807) is 11.8 Å². The van der Waals surface area contributed by atoms with Gasteiger partial charge in [0.15, 0.2) is 0 Å². The molecule has 3 heteroatoms. The Hall–Kier alpha value is 0.140. The fourth-order valence-corrected chi connectivity index (χ4v) is 2.34. The minimum absolute atomic E-state index is 0.0386. The maximum atomic E-state index is 10.4. The van der Waals surface area contributed by atoms with Crippen molar-refractivity contribution in [2.24, 2.45) is 17.3 Å². The largest absolute Gasteiger partial charge is 0.392 e. The van der Waals surface area contributed by atoms with Gasteiger partial charge in [0.1, 0.15) is 0 Å². The summed E-state index contributed by atoms with van der Waals surface area (Å²) in [4.78, 5) is 0. The van der Waals surface area contributed by atoms with Crippen LogP contribution in [0.25, 0.3) is 0 Å². The van der Waals surface area contributed by atoms with E-state index < -0.39 is 6.10 Å². The first-order valence-electron chi connectivity index (χ1n) is 5.62. The molecule has 0 aliphatic rings. The van der Waals surface area contributed by atoms with Crippen molar-refractivity contribution in [1.29, 1.82) is 0 Å². The van der Waals surface area contributed by atoms with Crippen molar-refractivity contribution in [3.63, 3.8) is 0 Å². The minimum atomic E-state index is -0.391. The van der Waals surface area contributed by atoms with Gasteiger partial charge in [0.05, 0.1) is 10.3 Å². The quantitative estimate of drug-likeness (QED) is 0.598. The highest BCUT2D eigenvalue weighted by Gasteiger charge is 2.33. The summed E-state index contributed by atoms with van der Waals surface area (Å²) in [6.45, 7) is 12.3. The van der Waals surface area contributed by atoms with Crippen LogP contribution in [-0.4, -0.2) is 21.7 Å². The lowest BCUT2D eigenvalue weighted by Gasteiger charge is -2.35. The summed E-state index contributed by atoms with van der Waals surface area (Å²) in [5, 5.41) is 10.4. The lowest BCUT2D eigenvalue weighted by Crippen LogP contribution is -2.37. The minimum Gasteiger partial charge on any atom is -0.392 e. The molecule has 16 heavy (non-hydrogen) atoms. The number of allylic oxidation sites excluding steroid dienone is 1. The zero-order chi connectivity index (χ0) is 12.9. The smallest absolute Gasteiger partial charge is 0.0655 e. The Morgan fingerprint density at radius 2 is 2.00 bits per heavy atom. The Balaban J connectivity index is 4.79. The molecule has 1 nitrogen and oxygen atoms in total. The summed E-state index contributed by atoms with van der Waals surface area (Å²) in [6.07, 6.45) is 4.16. The van der Waals surface area contributed by atoms with Gasteiger partial charge in [-0.3, -0.25) is 0 Å². The average Bonchev–Trinajstić information content (AvgIpc) is 2.21. The van der Waals surface area contributed by atoms with Gasteiger partial charge in [0.2, 0.25) is 0 Å². The van der Waals surface area contributed by atoms with E-state index in [1.165, 1.54) is 0 Å². The molecule has 0 heterocycles. The Kier molecular flexibility index (Phi) is 6.83. The van der Waals surface area contributed by atoms with Gasteiger partial charge in [0, 0.05) is 5.92 Å². The number of hydrogen-bond donors (Lipinski definition) is 1. The van der Waals surface area contributed by atoms with Crippen molar-refractivity contribution in [1.82, 2.24) is 0 Å². The van der Waals surface area contributed by atoms with Crippen molar-refractivity contribution in [3.8, 4) is 0 Å². The van der Waals surface area contributed by atoms with Crippen LogP contribution in [0, 0.1) is 17.3 Å². The summed E-state index contributed by atoms with van der Waals surface area (Å²) in [5.41, 5.74) is 0.0901. The van der Waals surface area contributed by atoms with Crippen molar-refractivity contribution in [2.75, 3.05) is 6.26 Å². The van der Waals surface area contributed by atoms with Crippen molar-refractivity contribution >= 4 is 28.2 Å². The molecule has 0 aromatic heterocycles. The van der Waals surface area contributed by atoms with Crippen LogP contribution in [0.2, 0.25) is 0 Å². The molecule has 3 atom stereocenters. The normalized spacial score (nSPS) is 17.6. The third-order valence-electron chi connectivity index (χ3n) is 3.22. The van der Waals surface area contributed by atoms with Crippen molar-refractivity contribution in [2.45, 2.75) is 40.2 Å². The van der Waals surface area contributed by atoms with Crippen LogP contribution in [0.3, 0.4) is 0 Å². The Bertz CT molecular complexity index is 243. The van der Waals surface area contributed by atoms with Crippen LogP contribution in [0.5, 0.6) is 0 Å². The monoisotopic (exact) mass is 260 g/mol. The number of aliphatic hydroxyl groups excluding tert-OH is 1. The first-order valence-corrected chi connectivity index (χ1v) is 7.25. The van der Waals surface area contributed by atoms with E-state index in [0.29, 0.717) is 0 Å². The van der Waals surface area contributed by atoms with E-state index >= 15 is 0 Å². The summed E-state index contributed by atoms with van der Waals surface area (Å²) in [5.74, 6) is 0.249. The highest BCUT2D eigenvalue weighted by molar-refractivity contribution is 8.22. The SMILES string of the molecule is C=CC[C@@H](C(=S)SC)[C@@H](O)[C@H](C)C(C)(C)C. The zero-order valence-corrected chi connectivity index (χ0v) is 12.6. The van der Waals surface area contributed by atoms with Crippen LogP contribution in [0.4, 0.5) is 0 Å². The van der Waals surface area contributed by atoms with Crippen LogP contribution in [0.1, 0.15) is 34.1 Å². The third kappa shape index (κ3) is 4.56. The number of thioether (sulfide) groups is 1. The summed E-state index contributed by atoms with van der Waals surface area (Å²) < 4.78 is 0.878. The molecule has 0 aliphatic heterocycles. The van der Waals surface area contributed by atoms with Gasteiger partial charge in [-0.2, -0.15) is 0 Å². The molecule has 0 saturated heterocycles. The van der Waals surface area contributed by atoms with Gasteiger partial charge < -0.3 is 5.11 Å². The molecule has 0 fully saturated rings. The molecule has 0 aromatic carbocycles. The standard InChI is InChI=1S/C13H24OS2/c1-7-8-10(12(15)16-6)11(14)9(2)13(3,4)5/h7,9-11,14H,1,8H2,2-6H3/t9-,10+,11-/m0/s1. The lowest BCUT2D eigenvalue weighted by molar-refractivity contribution is 0.0314. The van der Waals surface area contributed by atoms with E-state index in [-0.39, 0.29) is 17.3 Å². The molecule has 0 rings (SSSR count). The predicted octanol–water partition coefficient (Wildman–Crippen LogP) is 3.91. The Morgan fingerprint density at radius 3 is 2.31 bits per heavy atom. The van der Waals surface area contributed by atoms with Gasteiger partial charge in [-0.15, -0.1) is 18.3 Å². The first kappa shape index (κ1) is 16.1. The van der Waals surface area contributed by atoms with E-state index in [2.05, 4.69) is 34.3 Å². The number of rotatable bonds is 5. The van der Waals surface area contributed by atoms with Crippen LogP contribution < -0.4 is 0 Å². The molecule has 0 spiro atoms. The van der Waals surface area contributed by atoms with Crippen LogP contribution >= 0.6 is 24.0 Å². The summed E-state index contributed by atoms with van der Waals surface area (Å²) in [7, 11) is 0. The molecule has 0 saturated carbocycles. The summed E-state index contributed by atoms with van der Waals surface area (Å²) in [6, 6.07) is 0. The molecule has 0 aliphatic carbocycles. The second-order valence-corrected chi connectivity index (χ2v) is 6.85. The molecule has 1 N–H and O–H groups in total. The number of thiocarbonyl (C=S) groups is 1. The van der Waals surface area contributed by atoms with Gasteiger partial charge in [-0.1, -0.05) is 46.0 Å². The third-order valence-corrected chi connectivity index (χ3v) is 4.72. The molecule has 0 amide bonds. The predicted molar refractivity (Wildman–Crippen MR) is 79.0 cm³/mol. The second-order valence-electron chi connectivity index (χ2n) is 5.30. The topological polar surface area (TPSA) is 20.2 Å². The zero-order valence-electron chi connectivity index (χ0n) is 11.0. The van der Waals surface area contributed by atoms with E-state index in [4.69, 9.17) is 12.2 Å².